The first-order valence-corrected chi connectivity index (χ1v) is 8.39. The van der Waals surface area contributed by atoms with Gasteiger partial charge in [-0.1, -0.05) is 0 Å². The Morgan fingerprint density at radius 2 is 2.19 bits per heavy atom. The Balaban J connectivity index is 1.74. The molecule has 0 aromatic carbocycles. The summed E-state index contributed by atoms with van der Waals surface area (Å²) in [6.07, 6.45) is 3.14. The van der Waals surface area contributed by atoms with Crippen LogP contribution in [0.15, 0.2) is 0 Å². The molecule has 2 unspecified atom stereocenters. The van der Waals surface area contributed by atoms with Gasteiger partial charge < -0.3 is 14.9 Å². The Morgan fingerprint density at radius 3 is 2.81 bits per heavy atom. The quantitative estimate of drug-likeness (QED) is 0.816. The van der Waals surface area contributed by atoms with Gasteiger partial charge >= 0.3 is 5.97 Å². The van der Waals surface area contributed by atoms with Crippen molar-refractivity contribution in [1.29, 1.82) is 0 Å². The van der Waals surface area contributed by atoms with Crippen LogP contribution >= 0.6 is 11.8 Å². The van der Waals surface area contributed by atoms with Crippen LogP contribution in [-0.2, 0) is 14.4 Å². The van der Waals surface area contributed by atoms with E-state index in [1.807, 2.05) is 6.92 Å². The summed E-state index contributed by atoms with van der Waals surface area (Å²) in [6.45, 7) is 2.27. The molecule has 2 amide bonds. The van der Waals surface area contributed by atoms with Crippen LogP contribution in [0.1, 0.15) is 39.0 Å². The molecule has 0 spiro atoms. The van der Waals surface area contributed by atoms with Crippen LogP contribution in [0.4, 0.5) is 0 Å². The van der Waals surface area contributed by atoms with Gasteiger partial charge in [0.15, 0.2) is 0 Å². The second-order valence-corrected chi connectivity index (χ2v) is 7.67. The van der Waals surface area contributed by atoms with Gasteiger partial charge in [-0.3, -0.25) is 14.4 Å². The highest BCUT2D eigenvalue weighted by Gasteiger charge is 2.54. The minimum absolute atomic E-state index is 0.0344. The molecule has 2 heterocycles. The summed E-state index contributed by atoms with van der Waals surface area (Å²) >= 11 is 1.67. The lowest BCUT2D eigenvalue weighted by molar-refractivity contribution is -0.145. The second-order valence-electron chi connectivity index (χ2n) is 6.17. The average molecular weight is 312 g/mol. The highest BCUT2D eigenvalue weighted by Crippen LogP contribution is 2.47. The number of amides is 2. The Hall–Kier alpha value is -1.24. The molecule has 3 aliphatic rings. The molecule has 1 N–H and O–H groups in total. The van der Waals surface area contributed by atoms with Crippen molar-refractivity contribution >= 4 is 29.5 Å². The fourth-order valence-corrected chi connectivity index (χ4v) is 4.69. The van der Waals surface area contributed by atoms with E-state index in [1.54, 1.807) is 21.6 Å². The normalized spacial score (nSPS) is 31.4. The van der Waals surface area contributed by atoms with E-state index >= 15 is 0 Å². The zero-order valence-electron chi connectivity index (χ0n) is 12.1. The predicted octanol–water partition coefficient (Wildman–Crippen LogP) is 0.906. The number of hydrogen-bond donors (Lipinski definition) is 1. The van der Waals surface area contributed by atoms with Crippen LogP contribution in [0.25, 0.3) is 0 Å². The molecule has 0 radical (unpaired) electrons. The first-order chi connectivity index (χ1) is 9.92. The molecule has 116 valence electrons. The summed E-state index contributed by atoms with van der Waals surface area (Å²) in [4.78, 5) is 38.8. The molecule has 7 heteroatoms. The molecule has 6 nitrogen and oxygen atoms in total. The smallest absolute Gasteiger partial charge is 0.305 e. The number of carbonyl (C=O) groups is 3. The summed E-state index contributed by atoms with van der Waals surface area (Å²) in [5.41, 5.74) is 0. The van der Waals surface area contributed by atoms with Gasteiger partial charge in [-0.25, -0.2) is 0 Å². The standard InChI is InChI=1S/C14H20N2O4S/c1-14-6-4-11(17)16(14)10(8-21-14)13(20)15(9-2-3-9)7-5-12(18)19/h9-10H,2-8H2,1H3,(H,18,19). The Kier molecular flexibility index (Phi) is 3.63. The van der Waals surface area contributed by atoms with Gasteiger partial charge in [-0.05, 0) is 26.2 Å². The molecule has 3 rings (SSSR count). The number of thioether (sulfide) groups is 1. The van der Waals surface area contributed by atoms with Crippen molar-refractivity contribution in [2.24, 2.45) is 0 Å². The number of nitrogens with zero attached hydrogens (tertiary/aromatic N) is 2. The summed E-state index contributed by atoms with van der Waals surface area (Å²) in [6, 6.07) is -0.240. The van der Waals surface area contributed by atoms with E-state index < -0.39 is 12.0 Å². The molecule has 0 bridgehead atoms. The molecule has 1 aliphatic carbocycles. The SMILES string of the molecule is CC12CCC(=O)N1C(C(=O)N(CCC(=O)O)C1CC1)CS2. The van der Waals surface area contributed by atoms with Gasteiger partial charge in [-0.2, -0.15) is 0 Å². The van der Waals surface area contributed by atoms with Crippen molar-refractivity contribution in [2.75, 3.05) is 12.3 Å². The molecular weight excluding hydrogens is 292 g/mol. The number of carbonyl (C=O) groups excluding carboxylic acids is 2. The van der Waals surface area contributed by atoms with Crippen LogP contribution in [0.5, 0.6) is 0 Å². The van der Waals surface area contributed by atoms with Gasteiger partial charge in [0, 0.05) is 24.8 Å². The van der Waals surface area contributed by atoms with Crippen molar-refractivity contribution in [3.8, 4) is 0 Å². The van der Waals surface area contributed by atoms with Gasteiger partial charge in [0.2, 0.25) is 11.8 Å². The second kappa shape index (κ2) is 5.19. The van der Waals surface area contributed by atoms with Gasteiger partial charge in [0.05, 0.1) is 11.3 Å². The van der Waals surface area contributed by atoms with Crippen LogP contribution in [-0.4, -0.2) is 61.9 Å². The third-order valence-corrected chi connectivity index (χ3v) is 6.07. The fourth-order valence-electron chi connectivity index (χ4n) is 3.27. The molecule has 2 aliphatic heterocycles. The molecule has 2 saturated heterocycles. The Labute approximate surface area is 127 Å². The van der Waals surface area contributed by atoms with Crippen LogP contribution in [0.2, 0.25) is 0 Å². The van der Waals surface area contributed by atoms with E-state index in [2.05, 4.69) is 0 Å². The lowest BCUT2D eigenvalue weighted by atomic mass is 10.2. The fraction of sp³-hybridized carbons (Fsp3) is 0.786. The number of aliphatic carboxylic acids is 1. The topological polar surface area (TPSA) is 77.9 Å². The number of fused-ring (bicyclic) bond motifs is 1. The summed E-state index contributed by atoms with van der Waals surface area (Å²) in [7, 11) is 0. The molecule has 0 aromatic heterocycles. The largest absolute Gasteiger partial charge is 0.481 e. The Morgan fingerprint density at radius 1 is 1.48 bits per heavy atom. The molecule has 1 saturated carbocycles. The number of carboxylic acids is 1. The first-order valence-electron chi connectivity index (χ1n) is 7.41. The third-order valence-electron chi connectivity index (χ3n) is 4.57. The highest BCUT2D eigenvalue weighted by molar-refractivity contribution is 8.01. The van der Waals surface area contributed by atoms with Crippen LogP contribution in [0, 0.1) is 0 Å². The van der Waals surface area contributed by atoms with E-state index in [1.165, 1.54) is 0 Å². The Bertz CT molecular complexity index is 493. The number of rotatable bonds is 5. The van der Waals surface area contributed by atoms with Gasteiger partial charge in [-0.15, -0.1) is 11.8 Å². The average Bonchev–Trinajstić information content (AvgIpc) is 3.12. The highest BCUT2D eigenvalue weighted by atomic mass is 32.2. The number of hydrogen-bond acceptors (Lipinski definition) is 4. The van der Waals surface area contributed by atoms with E-state index in [4.69, 9.17) is 5.11 Å². The lowest BCUT2D eigenvalue weighted by Gasteiger charge is -2.33. The van der Waals surface area contributed by atoms with E-state index in [9.17, 15) is 14.4 Å². The maximum absolute atomic E-state index is 12.8. The zero-order chi connectivity index (χ0) is 15.2. The van der Waals surface area contributed by atoms with Crippen molar-refractivity contribution in [1.82, 2.24) is 9.80 Å². The van der Waals surface area contributed by atoms with E-state index in [0.717, 1.165) is 19.3 Å². The van der Waals surface area contributed by atoms with Crippen molar-refractivity contribution in [2.45, 2.75) is 56.0 Å². The van der Waals surface area contributed by atoms with Gasteiger partial charge in [0.1, 0.15) is 6.04 Å². The van der Waals surface area contributed by atoms with Crippen molar-refractivity contribution < 1.29 is 19.5 Å². The van der Waals surface area contributed by atoms with E-state index in [0.29, 0.717) is 12.2 Å². The van der Waals surface area contributed by atoms with Crippen molar-refractivity contribution in [3.05, 3.63) is 0 Å². The van der Waals surface area contributed by atoms with Crippen LogP contribution < -0.4 is 0 Å². The van der Waals surface area contributed by atoms with Gasteiger partial charge in [0.25, 0.3) is 0 Å². The number of carboxylic acid groups (broad SMARTS) is 1. The molecule has 0 aromatic rings. The van der Waals surface area contributed by atoms with Crippen LogP contribution in [0.3, 0.4) is 0 Å². The molecular formula is C14H20N2O4S. The summed E-state index contributed by atoms with van der Waals surface area (Å²) < 4.78 is 0. The monoisotopic (exact) mass is 312 g/mol. The molecule has 3 fully saturated rings. The van der Waals surface area contributed by atoms with Crippen molar-refractivity contribution in [3.63, 3.8) is 0 Å². The first kappa shape index (κ1) is 14.7. The summed E-state index contributed by atoms with van der Waals surface area (Å²) in [5, 5.41) is 8.84. The minimum Gasteiger partial charge on any atom is -0.481 e. The maximum atomic E-state index is 12.8. The lowest BCUT2D eigenvalue weighted by Crippen LogP contribution is -2.52. The molecule has 2 atom stereocenters. The predicted molar refractivity (Wildman–Crippen MR) is 77.7 cm³/mol. The third kappa shape index (κ3) is 2.63. The minimum atomic E-state index is -0.892. The molecule has 21 heavy (non-hydrogen) atoms. The van der Waals surface area contributed by atoms with E-state index in [-0.39, 0.29) is 35.7 Å². The zero-order valence-corrected chi connectivity index (χ0v) is 12.9. The maximum Gasteiger partial charge on any atom is 0.305 e. The summed E-state index contributed by atoms with van der Waals surface area (Å²) in [5.74, 6) is -0.284.